The van der Waals surface area contributed by atoms with E-state index in [4.69, 9.17) is 0 Å². The summed E-state index contributed by atoms with van der Waals surface area (Å²) in [5, 5.41) is 9.56. The molecule has 0 amide bonds. The Morgan fingerprint density at radius 3 is 2.75 bits per heavy atom. The molecule has 1 heterocycles. The normalized spacial score (nSPS) is 10.9. The highest BCUT2D eigenvalue weighted by Gasteiger charge is 2.05. The summed E-state index contributed by atoms with van der Waals surface area (Å²) in [6, 6.07) is 0. The minimum atomic E-state index is 0.223. The van der Waals surface area contributed by atoms with Gasteiger partial charge in [-0.2, -0.15) is 0 Å². The van der Waals surface area contributed by atoms with Gasteiger partial charge in [0.1, 0.15) is 5.75 Å². The molecule has 0 fully saturated rings. The summed E-state index contributed by atoms with van der Waals surface area (Å²) < 4.78 is 0. The second kappa shape index (κ2) is 3.34. The molecular formula is C9H12N2O. The van der Waals surface area contributed by atoms with Crippen molar-refractivity contribution in [2.75, 3.05) is 7.05 Å². The van der Waals surface area contributed by atoms with Gasteiger partial charge in [0.25, 0.3) is 0 Å². The Kier molecular flexibility index (Phi) is 2.43. The molecule has 0 saturated carbocycles. The van der Waals surface area contributed by atoms with E-state index in [1.807, 2.05) is 6.92 Å². The average Bonchev–Trinajstić information content (AvgIpc) is 2.06. The second-order valence-corrected chi connectivity index (χ2v) is 2.68. The molecule has 3 heteroatoms. The number of pyridine rings is 1. The minimum Gasteiger partial charge on any atom is -0.505 e. The summed E-state index contributed by atoms with van der Waals surface area (Å²) in [4.78, 5) is 7.87. The monoisotopic (exact) mass is 164 g/mol. The van der Waals surface area contributed by atoms with Crippen molar-refractivity contribution in [3.05, 3.63) is 23.0 Å². The molecule has 0 aliphatic rings. The first-order chi connectivity index (χ1) is 5.66. The zero-order chi connectivity index (χ0) is 9.14. The van der Waals surface area contributed by atoms with Gasteiger partial charge in [0.15, 0.2) is 0 Å². The zero-order valence-electron chi connectivity index (χ0n) is 7.50. The van der Waals surface area contributed by atoms with Crippen LogP contribution in [0.2, 0.25) is 0 Å². The molecule has 0 radical (unpaired) electrons. The summed E-state index contributed by atoms with van der Waals surface area (Å²) in [7, 11) is 1.68. The Morgan fingerprint density at radius 1 is 1.50 bits per heavy atom. The minimum absolute atomic E-state index is 0.223. The molecule has 0 spiro atoms. The van der Waals surface area contributed by atoms with Gasteiger partial charge in [0.05, 0.1) is 5.69 Å². The fourth-order valence-electron chi connectivity index (χ4n) is 0.998. The molecule has 0 bridgehead atoms. The number of rotatable bonds is 1. The molecule has 1 rings (SSSR count). The maximum absolute atomic E-state index is 9.56. The van der Waals surface area contributed by atoms with Crippen molar-refractivity contribution in [3.63, 3.8) is 0 Å². The highest BCUT2D eigenvalue weighted by molar-refractivity contribution is 5.85. The van der Waals surface area contributed by atoms with Gasteiger partial charge in [-0.15, -0.1) is 0 Å². The van der Waals surface area contributed by atoms with Gasteiger partial charge in [0, 0.05) is 25.0 Å². The molecule has 1 N–H and O–H groups in total. The maximum atomic E-state index is 9.56. The topological polar surface area (TPSA) is 45.5 Å². The van der Waals surface area contributed by atoms with E-state index in [9.17, 15) is 5.11 Å². The SMILES string of the molecule is CN=Cc1c(C)cnc(C)c1O. The summed E-state index contributed by atoms with van der Waals surface area (Å²) in [6.45, 7) is 3.66. The third-order valence-corrected chi connectivity index (χ3v) is 1.73. The molecular weight excluding hydrogens is 152 g/mol. The van der Waals surface area contributed by atoms with Crippen LogP contribution < -0.4 is 0 Å². The van der Waals surface area contributed by atoms with E-state index in [0.717, 1.165) is 11.1 Å². The van der Waals surface area contributed by atoms with Crippen LogP contribution in [0.5, 0.6) is 5.75 Å². The third-order valence-electron chi connectivity index (χ3n) is 1.73. The maximum Gasteiger partial charge on any atom is 0.145 e. The lowest BCUT2D eigenvalue weighted by Crippen LogP contribution is -1.93. The molecule has 0 atom stereocenters. The molecule has 64 valence electrons. The predicted octanol–water partition coefficient (Wildman–Crippen LogP) is 1.45. The number of aromatic nitrogens is 1. The largest absolute Gasteiger partial charge is 0.505 e. The molecule has 12 heavy (non-hydrogen) atoms. The molecule has 3 nitrogen and oxygen atoms in total. The molecule has 1 aromatic rings. The zero-order valence-corrected chi connectivity index (χ0v) is 7.50. The number of nitrogens with zero attached hydrogens (tertiary/aromatic N) is 2. The lowest BCUT2D eigenvalue weighted by molar-refractivity contribution is 0.466. The van der Waals surface area contributed by atoms with E-state index in [1.54, 1.807) is 26.4 Å². The number of aryl methyl sites for hydroxylation is 2. The average molecular weight is 164 g/mol. The summed E-state index contributed by atoms with van der Waals surface area (Å²) in [5.41, 5.74) is 2.32. The molecule has 1 aromatic heterocycles. The van der Waals surface area contributed by atoms with Crippen molar-refractivity contribution in [3.8, 4) is 5.75 Å². The Morgan fingerprint density at radius 2 is 2.17 bits per heavy atom. The second-order valence-electron chi connectivity index (χ2n) is 2.68. The quantitative estimate of drug-likeness (QED) is 0.638. The van der Waals surface area contributed by atoms with Crippen molar-refractivity contribution >= 4 is 6.21 Å². The summed E-state index contributed by atoms with van der Waals surface area (Å²) in [5.74, 6) is 0.223. The van der Waals surface area contributed by atoms with Crippen molar-refractivity contribution < 1.29 is 5.11 Å². The van der Waals surface area contributed by atoms with Gasteiger partial charge in [-0.25, -0.2) is 0 Å². The Balaban J connectivity index is 3.32. The van der Waals surface area contributed by atoms with Crippen LogP contribution in [-0.2, 0) is 0 Å². The van der Waals surface area contributed by atoms with Gasteiger partial charge in [-0.1, -0.05) is 0 Å². The van der Waals surface area contributed by atoms with Crippen LogP contribution in [0, 0.1) is 13.8 Å². The standard InChI is InChI=1S/C9H12N2O/c1-6-4-11-7(2)9(12)8(6)5-10-3/h4-5,12H,1-3H3. The van der Waals surface area contributed by atoms with Crippen molar-refractivity contribution in [1.82, 2.24) is 4.98 Å². The van der Waals surface area contributed by atoms with Crippen LogP contribution >= 0.6 is 0 Å². The van der Waals surface area contributed by atoms with Gasteiger partial charge in [0.2, 0.25) is 0 Å². The van der Waals surface area contributed by atoms with E-state index in [1.165, 1.54) is 0 Å². The van der Waals surface area contributed by atoms with E-state index in [-0.39, 0.29) is 5.75 Å². The fourth-order valence-corrected chi connectivity index (χ4v) is 0.998. The fraction of sp³-hybridized carbons (Fsp3) is 0.333. The van der Waals surface area contributed by atoms with E-state index < -0.39 is 0 Å². The number of aliphatic imine (C=N–C) groups is 1. The Hall–Kier alpha value is -1.38. The van der Waals surface area contributed by atoms with Crippen LogP contribution in [0.15, 0.2) is 11.2 Å². The van der Waals surface area contributed by atoms with Gasteiger partial charge in [-0.3, -0.25) is 9.98 Å². The molecule has 0 unspecified atom stereocenters. The van der Waals surface area contributed by atoms with Crippen LogP contribution in [-0.4, -0.2) is 23.4 Å². The Labute approximate surface area is 71.8 Å². The lowest BCUT2D eigenvalue weighted by Gasteiger charge is -2.04. The number of aromatic hydroxyl groups is 1. The summed E-state index contributed by atoms with van der Waals surface area (Å²) in [6.07, 6.45) is 3.37. The van der Waals surface area contributed by atoms with Crippen molar-refractivity contribution in [2.45, 2.75) is 13.8 Å². The third kappa shape index (κ3) is 1.44. The summed E-state index contributed by atoms with van der Waals surface area (Å²) >= 11 is 0. The number of hydrogen-bond donors (Lipinski definition) is 1. The van der Waals surface area contributed by atoms with Crippen LogP contribution in [0.1, 0.15) is 16.8 Å². The first-order valence-electron chi connectivity index (χ1n) is 3.74. The predicted molar refractivity (Wildman–Crippen MR) is 48.9 cm³/mol. The van der Waals surface area contributed by atoms with Gasteiger partial charge < -0.3 is 5.11 Å². The van der Waals surface area contributed by atoms with Crippen molar-refractivity contribution in [1.29, 1.82) is 0 Å². The highest BCUT2D eigenvalue weighted by atomic mass is 16.3. The van der Waals surface area contributed by atoms with E-state index in [2.05, 4.69) is 9.98 Å². The Bertz CT molecular complexity index is 319. The van der Waals surface area contributed by atoms with Gasteiger partial charge >= 0.3 is 0 Å². The van der Waals surface area contributed by atoms with E-state index in [0.29, 0.717) is 5.69 Å². The smallest absolute Gasteiger partial charge is 0.145 e. The molecule has 0 saturated heterocycles. The molecule has 0 aliphatic carbocycles. The van der Waals surface area contributed by atoms with E-state index >= 15 is 0 Å². The van der Waals surface area contributed by atoms with Crippen molar-refractivity contribution in [2.24, 2.45) is 4.99 Å². The lowest BCUT2D eigenvalue weighted by atomic mass is 10.1. The van der Waals surface area contributed by atoms with Gasteiger partial charge in [-0.05, 0) is 19.4 Å². The van der Waals surface area contributed by atoms with Crippen LogP contribution in [0.4, 0.5) is 0 Å². The number of hydrogen-bond acceptors (Lipinski definition) is 3. The first-order valence-corrected chi connectivity index (χ1v) is 3.74. The highest BCUT2D eigenvalue weighted by Crippen LogP contribution is 2.20. The van der Waals surface area contributed by atoms with Crippen LogP contribution in [0.25, 0.3) is 0 Å². The van der Waals surface area contributed by atoms with Crippen LogP contribution in [0.3, 0.4) is 0 Å². The molecule has 0 aromatic carbocycles. The molecule has 0 aliphatic heterocycles. The first kappa shape index (κ1) is 8.71.